The predicted molar refractivity (Wildman–Crippen MR) is 102 cm³/mol. The molecule has 5 rings (SSSR count). The van der Waals surface area contributed by atoms with Gasteiger partial charge in [0, 0.05) is 42.3 Å². The van der Waals surface area contributed by atoms with E-state index in [-0.39, 0.29) is 11.5 Å². The minimum atomic E-state index is -1.22. The van der Waals surface area contributed by atoms with Gasteiger partial charge in [-0.3, -0.25) is 4.40 Å². The number of hydrogen-bond acceptors (Lipinski definition) is 3. The molecular weight excluding hydrogens is 379 g/mol. The molecule has 1 aliphatic heterocycles. The lowest BCUT2D eigenvalue weighted by atomic mass is 10.0. The number of pyridine rings is 1. The van der Waals surface area contributed by atoms with Gasteiger partial charge in [0.15, 0.2) is 17.3 Å². The molecule has 0 atom stereocenters. The summed E-state index contributed by atoms with van der Waals surface area (Å²) in [5.74, 6) is -1.37. The van der Waals surface area contributed by atoms with Crippen LogP contribution in [-0.2, 0) is 13.0 Å². The Hall–Kier alpha value is -3.16. The summed E-state index contributed by atoms with van der Waals surface area (Å²) in [5, 5.41) is 8.44. The lowest BCUT2D eigenvalue weighted by Gasteiger charge is -2.11. The number of imidazole rings is 1. The molecule has 0 bridgehead atoms. The molecule has 8 heteroatoms. The fourth-order valence-electron chi connectivity index (χ4n) is 3.95. The largest absolute Gasteiger partial charge is 0.327 e. The van der Waals surface area contributed by atoms with Gasteiger partial charge in [-0.1, -0.05) is 13.8 Å². The van der Waals surface area contributed by atoms with Crippen molar-refractivity contribution >= 4 is 5.65 Å². The van der Waals surface area contributed by atoms with Gasteiger partial charge in [-0.25, -0.2) is 18.2 Å². The molecule has 0 unspecified atom stereocenters. The van der Waals surface area contributed by atoms with E-state index in [1.807, 2.05) is 41.1 Å². The standard InChI is InChI=1S/C21H18F3N5/c1-11(2)21-27-26-18-6-5-12(10-29(18)21)20-19(25-17-4-3-7-28(17)20)13-8-15(23)16(24)9-14(13)22/h5-6,8-11H,3-4,7H2,1-2H3. The van der Waals surface area contributed by atoms with Crippen molar-refractivity contribution in [2.24, 2.45) is 0 Å². The van der Waals surface area contributed by atoms with E-state index in [1.165, 1.54) is 0 Å². The molecule has 0 saturated carbocycles. The average Bonchev–Trinajstić information content (AvgIpc) is 3.37. The van der Waals surface area contributed by atoms with E-state index in [9.17, 15) is 13.2 Å². The zero-order valence-electron chi connectivity index (χ0n) is 16.0. The molecule has 1 aliphatic rings. The summed E-state index contributed by atoms with van der Waals surface area (Å²) >= 11 is 0. The van der Waals surface area contributed by atoms with E-state index < -0.39 is 17.5 Å². The van der Waals surface area contributed by atoms with Gasteiger partial charge in [0.25, 0.3) is 0 Å². The molecule has 4 heterocycles. The first-order chi connectivity index (χ1) is 13.9. The van der Waals surface area contributed by atoms with Crippen LogP contribution in [0, 0.1) is 17.5 Å². The van der Waals surface area contributed by atoms with E-state index in [2.05, 4.69) is 15.2 Å². The van der Waals surface area contributed by atoms with Gasteiger partial charge in [-0.15, -0.1) is 10.2 Å². The molecule has 0 fully saturated rings. The zero-order chi connectivity index (χ0) is 20.3. The summed E-state index contributed by atoms with van der Waals surface area (Å²) < 4.78 is 45.9. The Morgan fingerprint density at radius 2 is 1.79 bits per heavy atom. The highest BCUT2D eigenvalue weighted by atomic mass is 19.2. The van der Waals surface area contributed by atoms with Crippen LogP contribution in [0.3, 0.4) is 0 Å². The Morgan fingerprint density at radius 3 is 2.59 bits per heavy atom. The summed E-state index contributed by atoms with van der Waals surface area (Å²) in [7, 11) is 0. The molecule has 4 aromatic rings. The number of rotatable bonds is 3. The number of hydrogen-bond donors (Lipinski definition) is 0. The minimum absolute atomic E-state index is 0.0475. The van der Waals surface area contributed by atoms with Crippen molar-refractivity contribution in [3.8, 4) is 22.5 Å². The first-order valence-electron chi connectivity index (χ1n) is 9.53. The van der Waals surface area contributed by atoms with Gasteiger partial charge < -0.3 is 4.57 Å². The van der Waals surface area contributed by atoms with Crippen molar-refractivity contribution in [3.05, 3.63) is 59.6 Å². The molecule has 29 heavy (non-hydrogen) atoms. The number of benzene rings is 1. The monoisotopic (exact) mass is 397 g/mol. The van der Waals surface area contributed by atoms with Gasteiger partial charge in [-0.2, -0.15) is 0 Å². The highest BCUT2D eigenvalue weighted by Gasteiger charge is 2.26. The number of aryl methyl sites for hydroxylation is 1. The van der Waals surface area contributed by atoms with E-state index in [0.29, 0.717) is 23.1 Å². The molecule has 3 aromatic heterocycles. The van der Waals surface area contributed by atoms with E-state index in [1.54, 1.807) is 0 Å². The maximum atomic E-state index is 14.6. The molecule has 5 nitrogen and oxygen atoms in total. The van der Waals surface area contributed by atoms with Gasteiger partial charge in [0.1, 0.15) is 17.5 Å². The number of fused-ring (bicyclic) bond motifs is 2. The fraction of sp³-hybridized carbons (Fsp3) is 0.286. The van der Waals surface area contributed by atoms with Crippen molar-refractivity contribution < 1.29 is 13.2 Å². The summed E-state index contributed by atoms with van der Waals surface area (Å²) in [5.41, 5.74) is 2.45. The van der Waals surface area contributed by atoms with E-state index in [4.69, 9.17) is 0 Å². The van der Waals surface area contributed by atoms with Crippen molar-refractivity contribution in [1.29, 1.82) is 0 Å². The molecular formula is C21H18F3N5. The van der Waals surface area contributed by atoms with Crippen molar-refractivity contribution in [1.82, 2.24) is 24.1 Å². The summed E-state index contributed by atoms with van der Waals surface area (Å²) in [4.78, 5) is 4.59. The molecule has 0 radical (unpaired) electrons. The Morgan fingerprint density at radius 1 is 1.00 bits per heavy atom. The van der Waals surface area contributed by atoms with Crippen LogP contribution >= 0.6 is 0 Å². The van der Waals surface area contributed by atoms with Crippen LogP contribution in [0.25, 0.3) is 28.2 Å². The van der Waals surface area contributed by atoms with Crippen LogP contribution in [0.1, 0.15) is 37.8 Å². The molecule has 0 spiro atoms. The normalized spacial score (nSPS) is 13.6. The van der Waals surface area contributed by atoms with Gasteiger partial charge in [-0.05, 0) is 24.6 Å². The van der Waals surface area contributed by atoms with Crippen LogP contribution in [0.4, 0.5) is 13.2 Å². The predicted octanol–water partition coefficient (Wildman–Crippen LogP) is 4.75. The lowest BCUT2D eigenvalue weighted by molar-refractivity contribution is 0.496. The third-order valence-electron chi connectivity index (χ3n) is 5.31. The third kappa shape index (κ3) is 2.73. The second-order valence-corrected chi connectivity index (χ2v) is 7.59. The molecule has 0 amide bonds. The molecule has 0 aliphatic carbocycles. The number of nitrogens with zero attached hydrogens (tertiary/aromatic N) is 5. The summed E-state index contributed by atoms with van der Waals surface area (Å²) in [6, 6.07) is 5.16. The van der Waals surface area contributed by atoms with Crippen LogP contribution < -0.4 is 0 Å². The summed E-state index contributed by atoms with van der Waals surface area (Å²) in [6.07, 6.45) is 3.58. The zero-order valence-corrected chi connectivity index (χ0v) is 16.0. The number of aromatic nitrogens is 5. The lowest BCUT2D eigenvalue weighted by Crippen LogP contribution is -2.01. The Balaban J connectivity index is 1.77. The Kier molecular flexibility index (Phi) is 3.97. The summed E-state index contributed by atoms with van der Waals surface area (Å²) in [6.45, 7) is 4.80. The van der Waals surface area contributed by atoms with Crippen molar-refractivity contribution in [3.63, 3.8) is 0 Å². The smallest absolute Gasteiger partial charge is 0.161 e. The number of halogens is 3. The fourth-order valence-corrected chi connectivity index (χ4v) is 3.95. The third-order valence-corrected chi connectivity index (χ3v) is 5.31. The minimum Gasteiger partial charge on any atom is -0.327 e. The molecule has 1 aromatic carbocycles. The SMILES string of the molecule is CC(C)c1nnc2ccc(-c3c(-c4cc(F)c(F)cc4F)nc4n3CCC4)cn12. The quantitative estimate of drug-likeness (QED) is 0.469. The second-order valence-electron chi connectivity index (χ2n) is 7.59. The first kappa shape index (κ1) is 17.9. The van der Waals surface area contributed by atoms with Crippen LogP contribution in [-0.4, -0.2) is 24.1 Å². The highest BCUT2D eigenvalue weighted by molar-refractivity contribution is 5.80. The molecule has 148 valence electrons. The molecule has 0 saturated heterocycles. The Labute approximate surface area is 164 Å². The van der Waals surface area contributed by atoms with Crippen LogP contribution in [0.5, 0.6) is 0 Å². The Bertz CT molecular complexity index is 1260. The van der Waals surface area contributed by atoms with Crippen molar-refractivity contribution in [2.75, 3.05) is 0 Å². The van der Waals surface area contributed by atoms with Gasteiger partial charge in [0.05, 0.1) is 11.4 Å². The van der Waals surface area contributed by atoms with Gasteiger partial charge in [0.2, 0.25) is 0 Å². The first-order valence-corrected chi connectivity index (χ1v) is 9.53. The van der Waals surface area contributed by atoms with Crippen LogP contribution in [0.2, 0.25) is 0 Å². The average molecular weight is 397 g/mol. The van der Waals surface area contributed by atoms with Crippen molar-refractivity contribution in [2.45, 2.75) is 39.2 Å². The topological polar surface area (TPSA) is 48.0 Å². The van der Waals surface area contributed by atoms with Crippen LogP contribution in [0.15, 0.2) is 30.5 Å². The maximum Gasteiger partial charge on any atom is 0.161 e. The van der Waals surface area contributed by atoms with E-state index >= 15 is 0 Å². The second kappa shape index (κ2) is 6.43. The van der Waals surface area contributed by atoms with E-state index in [0.717, 1.165) is 42.7 Å². The molecule has 0 N–H and O–H groups in total. The van der Waals surface area contributed by atoms with Gasteiger partial charge >= 0.3 is 0 Å². The highest BCUT2D eigenvalue weighted by Crippen LogP contribution is 2.37. The maximum absolute atomic E-state index is 14.6.